The Labute approximate surface area is 130 Å². The second-order valence-electron chi connectivity index (χ2n) is 5.04. The van der Waals surface area contributed by atoms with Crippen molar-refractivity contribution in [2.24, 2.45) is 5.73 Å². The highest BCUT2D eigenvalue weighted by Gasteiger charge is 2.31. The van der Waals surface area contributed by atoms with Crippen LogP contribution in [0, 0.1) is 5.82 Å². The molecule has 0 amide bonds. The van der Waals surface area contributed by atoms with Gasteiger partial charge in [-0.1, -0.05) is 25.1 Å². The van der Waals surface area contributed by atoms with Gasteiger partial charge in [0.25, 0.3) is 0 Å². The molecule has 21 heavy (non-hydrogen) atoms. The fraction of sp³-hybridized carbons (Fsp3) is 0.312. The van der Waals surface area contributed by atoms with Crippen LogP contribution in [0.3, 0.4) is 0 Å². The molecule has 1 atom stereocenters. The molecule has 2 rings (SSSR count). The van der Waals surface area contributed by atoms with E-state index < -0.39 is 5.66 Å². The van der Waals surface area contributed by atoms with E-state index in [4.69, 9.17) is 18.0 Å². The molecule has 0 bridgehead atoms. The van der Waals surface area contributed by atoms with Crippen LogP contribution >= 0.6 is 12.2 Å². The van der Waals surface area contributed by atoms with E-state index in [-0.39, 0.29) is 10.9 Å². The number of rotatable bonds is 5. The summed E-state index contributed by atoms with van der Waals surface area (Å²) in [5.41, 5.74) is 6.22. The van der Waals surface area contributed by atoms with Gasteiger partial charge in [0.2, 0.25) is 0 Å². The molecule has 1 aliphatic heterocycles. The molecule has 0 radical (unpaired) electrons. The third kappa shape index (κ3) is 3.82. The lowest BCUT2D eigenvalue weighted by Crippen LogP contribution is -2.59. The number of thiocarbonyl (C=S) groups is 1. The number of benzene rings is 1. The van der Waals surface area contributed by atoms with Gasteiger partial charge in [0.15, 0.2) is 5.11 Å². The average Bonchev–Trinajstić information content (AvgIpc) is 2.46. The van der Waals surface area contributed by atoms with Crippen LogP contribution in [-0.4, -0.2) is 22.2 Å². The lowest BCUT2D eigenvalue weighted by molar-refractivity contribution is 0.171. The Kier molecular flexibility index (Phi) is 4.96. The predicted molar refractivity (Wildman–Crippen MR) is 88.0 cm³/mol. The van der Waals surface area contributed by atoms with Crippen molar-refractivity contribution in [2.45, 2.75) is 25.4 Å². The predicted octanol–water partition coefficient (Wildman–Crippen LogP) is 2.69. The first-order chi connectivity index (χ1) is 10.1. The van der Waals surface area contributed by atoms with Crippen molar-refractivity contribution in [1.82, 2.24) is 10.2 Å². The van der Waals surface area contributed by atoms with Crippen molar-refractivity contribution in [2.75, 3.05) is 6.54 Å². The first-order valence-corrected chi connectivity index (χ1v) is 7.41. The highest BCUT2D eigenvalue weighted by atomic mass is 32.1. The molecule has 0 aliphatic carbocycles. The first-order valence-electron chi connectivity index (χ1n) is 7.00. The highest BCUT2D eigenvalue weighted by Crippen LogP contribution is 2.23. The molecule has 3 nitrogen and oxygen atoms in total. The van der Waals surface area contributed by atoms with Gasteiger partial charge in [0.05, 0.1) is 0 Å². The van der Waals surface area contributed by atoms with E-state index in [0.717, 1.165) is 24.9 Å². The van der Waals surface area contributed by atoms with Crippen LogP contribution in [0.2, 0.25) is 0 Å². The van der Waals surface area contributed by atoms with Crippen LogP contribution in [0.1, 0.15) is 18.9 Å². The van der Waals surface area contributed by atoms with Gasteiger partial charge < -0.3 is 16.0 Å². The zero-order chi connectivity index (χ0) is 15.3. The summed E-state index contributed by atoms with van der Waals surface area (Å²) in [6.07, 6.45) is 9.57. The van der Waals surface area contributed by atoms with Crippen molar-refractivity contribution in [1.29, 1.82) is 0 Å². The Balaban J connectivity index is 2.10. The van der Waals surface area contributed by atoms with Gasteiger partial charge in [-0.05, 0) is 54.9 Å². The van der Waals surface area contributed by atoms with Gasteiger partial charge in [-0.2, -0.15) is 0 Å². The summed E-state index contributed by atoms with van der Waals surface area (Å²) in [5, 5.41) is 3.44. The number of nitrogens with two attached hydrogens (primary N) is 1. The zero-order valence-electron chi connectivity index (χ0n) is 12.1. The number of allylic oxidation sites excluding steroid dienone is 2. The van der Waals surface area contributed by atoms with Crippen LogP contribution in [0.5, 0.6) is 0 Å². The van der Waals surface area contributed by atoms with E-state index in [0.29, 0.717) is 0 Å². The van der Waals surface area contributed by atoms with Crippen molar-refractivity contribution in [3.8, 4) is 0 Å². The summed E-state index contributed by atoms with van der Waals surface area (Å²) in [7, 11) is 0. The second kappa shape index (κ2) is 6.72. The zero-order valence-corrected chi connectivity index (χ0v) is 12.9. The van der Waals surface area contributed by atoms with Gasteiger partial charge in [0, 0.05) is 12.7 Å². The number of nitrogens with zero attached hydrogens (tertiary/aromatic N) is 1. The minimum atomic E-state index is -0.409. The van der Waals surface area contributed by atoms with Crippen molar-refractivity contribution < 1.29 is 4.39 Å². The quantitative estimate of drug-likeness (QED) is 0.821. The Hall–Kier alpha value is -1.88. The first kappa shape index (κ1) is 15.5. The fourth-order valence-electron chi connectivity index (χ4n) is 2.55. The molecule has 0 saturated carbocycles. The molecular weight excluding hydrogens is 285 g/mol. The minimum Gasteiger partial charge on any atom is -0.376 e. The normalized spacial score (nSPS) is 20.6. The van der Waals surface area contributed by atoms with Crippen molar-refractivity contribution in [3.63, 3.8) is 0 Å². The molecule has 0 aromatic heterocycles. The van der Waals surface area contributed by atoms with Gasteiger partial charge in [-0.25, -0.2) is 4.39 Å². The van der Waals surface area contributed by atoms with E-state index >= 15 is 0 Å². The minimum absolute atomic E-state index is 0.204. The van der Waals surface area contributed by atoms with Gasteiger partial charge >= 0.3 is 0 Å². The Morgan fingerprint density at radius 2 is 2.24 bits per heavy atom. The maximum Gasteiger partial charge on any atom is 0.165 e. The molecule has 0 spiro atoms. The maximum absolute atomic E-state index is 13.2. The van der Waals surface area contributed by atoms with E-state index in [1.54, 1.807) is 12.1 Å². The highest BCUT2D eigenvalue weighted by molar-refractivity contribution is 7.80. The third-order valence-corrected chi connectivity index (χ3v) is 3.77. The SMILES string of the molecule is CCC1(NC(N)=S)C=CC=CN1CCc1cccc(F)c1. The van der Waals surface area contributed by atoms with Crippen molar-refractivity contribution in [3.05, 3.63) is 60.1 Å². The van der Waals surface area contributed by atoms with Gasteiger partial charge in [-0.3, -0.25) is 0 Å². The van der Waals surface area contributed by atoms with Crippen molar-refractivity contribution >= 4 is 17.3 Å². The lowest BCUT2D eigenvalue weighted by atomic mass is 10.0. The molecule has 1 aromatic rings. The summed E-state index contributed by atoms with van der Waals surface area (Å²) in [6, 6.07) is 6.69. The lowest BCUT2D eigenvalue weighted by Gasteiger charge is -2.43. The summed E-state index contributed by atoms with van der Waals surface area (Å²) in [5.74, 6) is -0.204. The fourth-order valence-corrected chi connectivity index (χ4v) is 2.73. The standard InChI is InChI=1S/C16H20FN3S/c1-2-16(19-15(18)21)9-3-4-10-20(16)11-8-13-6-5-7-14(17)12-13/h3-7,9-10,12H,2,8,11H2,1H3,(H3,18,19,21). The third-order valence-electron chi connectivity index (χ3n) is 3.67. The van der Waals surface area contributed by atoms with Crippen LogP contribution < -0.4 is 11.1 Å². The van der Waals surface area contributed by atoms with Crippen LogP contribution in [0.25, 0.3) is 0 Å². The topological polar surface area (TPSA) is 41.3 Å². The number of hydrogen-bond donors (Lipinski definition) is 2. The molecule has 5 heteroatoms. The molecular formula is C16H20FN3S. The van der Waals surface area contributed by atoms with Crippen LogP contribution in [0.4, 0.5) is 4.39 Å². The summed E-state index contributed by atoms with van der Waals surface area (Å²) >= 11 is 4.99. The summed E-state index contributed by atoms with van der Waals surface area (Å²) < 4.78 is 13.2. The summed E-state index contributed by atoms with van der Waals surface area (Å²) in [4.78, 5) is 2.15. The maximum atomic E-state index is 13.2. The molecule has 112 valence electrons. The van der Waals surface area contributed by atoms with E-state index in [1.165, 1.54) is 6.07 Å². The number of nitrogens with one attached hydrogen (secondary N) is 1. The van der Waals surface area contributed by atoms with E-state index in [2.05, 4.69) is 23.2 Å². The Bertz CT molecular complexity index is 570. The molecule has 0 saturated heterocycles. The monoisotopic (exact) mass is 305 g/mol. The summed E-state index contributed by atoms with van der Waals surface area (Å²) in [6.45, 7) is 2.82. The molecule has 1 unspecified atom stereocenters. The number of halogens is 1. The van der Waals surface area contributed by atoms with E-state index in [1.807, 2.05) is 24.4 Å². The van der Waals surface area contributed by atoms with E-state index in [9.17, 15) is 4.39 Å². The Morgan fingerprint density at radius 3 is 2.90 bits per heavy atom. The molecule has 3 N–H and O–H groups in total. The largest absolute Gasteiger partial charge is 0.376 e. The molecule has 1 heterocycles. The Morgan fingerprint density at radius 1 is 1.43 bits per heavy atom. The molecule has 0 fully saturated rings. The average molecular weight is 305 g/mol. The van der Waals surface area contributed by atoms with Gasteiger partial charge in [-0.15, -0.1) is 0 Å². The van der Waals surface area contributed by atoms with Crippen LogP contribution in [-0.2, 0) is 6.42 Å². The second-order valence-corrected chi connectivity index (χ2v) is 5.48. The smallest absolute Gasteiger partial charge is 0.165 e. The van der Waals surface area contributed by atoms with Gasteiger partial charge in [0.1, 0.15) is 11.5 Å². The van der Waals surface area contributed by atoms with Crippen LogP contribution in [0.15, 0.2) is 48.7 Å². The molecule has 1 aliphatic rings. The number of hydrogen-bond acceptors (Lipinski definition) is 2. The molecule has 1 aromatic carbocycles.